The van der Waals surface area contributed by atoms with Crippen molar-refractivity contribution in [1.29, 1.82) is 0 Å². The molecule has 0 bridgehead atoms. The minimum absolute atomic E-state index is 0.133. The fourth-order valence-electron chi connectivity index (χ4n) is 1.39. The molecule has 1 rings (SSSR count). The van der Waals surface area contributed by atoms with E-state index in [0.717, 1.165) is 25.3 Å². The maximum absolute atomic E-state index is 13.2. The number of carbonyl (C=O) groups excluding carboxylic acids is 1. The van der Waals surface area contributed by atoms with E-state index in [1.165, 1.54) is 12.1 Å². The lowest BCUT2D eigenvalue weighted by Crippen LogP contribution is -2.03. The molecule has 1 nitrogen and oxygen atoms in total. The van der Waals surface area contributed by atoms with Crippen molar-refractivity contribution in [3.8, 4) is 0 Å². The first-order valence-electron chi connectivity index (χ1n) is 5.14. The smallest absolute Gasteiger partial charge is 0.169 e. The summed E-state index contributed by atoms with van der Waals surface area (Å²) in [6, 6.07) is 3.69. The second kappa shape index (κ2) is 5.59. The molecule has 1 aromatic carbocycles. The van der Waals surface area contributed by atoms with E-state index >= 15 is 0 Å². The highest BCUT2D eigenvalue weighted by Crippen LogP contribution is 2.14. The van der Waals surface area contributed by atoms with Gasteiger partial charge in [0.2, 0.25) is 0 Å². The average molecular weight is 212 g/mol. The van der Waals surface area contributed by atoms with Gasteiger partial charge in [-0.15, -0.1) is 0 Å². The largest absolute Gasteiger partial charge is 0.294 e. The number of hydrogen-bond acceptors (Lipinski definition) is 1. The van der Waals surface area contributed by atoms with Gasteiger partial charge in [0.1, 0.15) is 0 Å². The Labute approximate surface area is 88.1 Å². The van der Waals surface area contributed by atoms with Gasteiger partial charge in [0.25, 0.3) is 0 Å². The van der Waals surface area contributed by atoms with Gasteiger partial charge in [0.15, 0.2) is 17.4 Å². The predicted octanol–water partition coefficient (Wildman–Crippen LogP) is 3.73. The van der Waals surface area contributed by atoms with Crippen LogP contribution in [0.5, 0.6) is 0 Å². The van der Waals surface area contributed by atoms with Crippen molar-refractivity contribution < 1.29 is 13.6 Å². The number of carbonyl (C=O) groups is 1. The highest BCUT2D eigenvalue weighted by atomic mass is 19.2. The molecule has 0 saturated heterocycles. The molecular weight excluding hydrogens is 198 g/mol. The number of hydrogen-bond donors (Lipinski definition) is 0. The monoisotopic (exact) mass is 212 g/mol. The third-order valence-electron chi connectivity index (χ3n) is 2.26. The molecule has 0 heterocycles. The number of rotatable bonds is 5. The zero-order valence-electron chi connectivity index (χ0n) is 8.72. The molecule has 0 unspecified atom stereocenters. The van der Waals surface area contributed by atoms with Crippen molar-refractivity contribution in [2.45, 2.75) is 32.6 Å². The number of unbranched alkanes of at least 4 members (excludes halogenated alkanes) is 2. The van der Waals surface area contributed by atoms with E-state index in [1.54, 1.807) is 0 Å². The van der Waals surface area contributed by atoms with Gasteiger partial charge in [-0.1, -0.05) is 25.8 Å². The van der Waals surface area contributed by atoms with Crippen LogP contribution in [0, 0.1) is 11.6 Å². The first kappa shape index (κ1) is 11.8. The second-order valence-electron chi connectivity index (χ2n) is 3.48. The van der Waals surface area contributed by atoms with Crippen LogP contribution in [0.1, 0.15) is 43.0 Å². The number of halogens is 2. The minimum Gasteiger partial charge on any atom is -0.294 e. The van der Waals surface area contributed by atoms with Crippen molar-refractivity contribution in [2.75, 3.05) is 0 Å². The molecule has 15 heavy (non-hydrogen) atoms. The molecule has 0 radical (unpaired) electrons. The first-order chi connectivity index (χ1) is 7.16. The Balaban J connectivity index is 2.69. The van der Waals surface area contributed by atoms with Gasteiger partial charge in [-0.25, -0.2) is 8.78 Å². The molecule has 0 aliphatic rings. The van der Waals surface area contributed by atoms with Crippen LogP contribution in [0.2, 0.25) is 0 Å². The van der Waals surface area contributed by atoms with Crippen molar-refractivity contribution >= 4 is 5.78 Å². The molecule has 1 aromatic rings. The van der Waals surface area contributed by atoms with E-state index in [0.29, 0.717) is 0 Å². The van der Waals surface area contributed by atoms with Gasteiger partial charge in [-0.2, -0.15) is 0 Å². The van der Waals surface area contributed by atoms with Crippen LogP contribution in [0.4, 0.5) is 8.78 Å². The van der Waals surface area contributed by atoms with Gasteiger partial charge in [0.05, 0.1) is 5.56 Å². The average Bonchev–Trinajstić information content (AvgIpc) is 2.22. The Bertz CT molecular complexity index is 347. The molecular formula is C12H14F2O. The predicted molar refractivity (Wildman–Crippen MR) is 54.8 cm³/mol. The Morgan fingerprint density at radius 1 is 1.27 bits per heavy atom. The summed E-state index contributed by atoms with van der Waals surface area (Å²) in [4.78, 5) is 11.5. The number of ketones is 1. The van der Waals surface area contributed by atoms with Crippen LogP contribution < -0.4 is 0 Å². The molecule has 0 aliphatic heterocycles. The summed E-state index contributed by atoms with van der Waals surface area (Å²) in [5.41, 5.74) is -0.133. The van der Waals surface area contributed by atoms with E-state index in [-0.39, 0.29) is 17.8 Å². The topological polar surface area (TPSA) is 17.1 Å². The Morgan fingerprint density at radius 2 is 2.00 bits per heavy atom. The summed E-state index contributed by atoms with van der Waals surface area (Å²) in [6.07, 6.45) is 2.95. The molecule has 0 fully saturated rings. The van der Waals surface area contributed by atoms with Crippen molar-refractivity contribution in [1.82, 2.24) is 0 Å². The van der Waals surface area contributed by atoms with Crippen LogP contribution in [-0.2, 0) is 0 Å². The van der Waals surface area contributed by atoms with Crippen LogP contribution in [0.3, 0.4) is 0 Å². The highest BCUT2D eigenvalue weighted by Gasteiger charge is 2.13. The fourth-order valence-corrected chi connectivity index (χ4v) is 1.39. The lowest BCUT2D eigenvalue weighted by molar-refractivity contribution is 0.0974. The van der Waals surface area contributed by atoms with E-state index in [1.807, 2.05) is 6.92 Å². The summed E-state index contributed by atoms with van der Waals surface area (Å²) in [7, 11) is 0. The van der Waals surface area contributed by atoms with Crippen molar-refractivity contribution in [3.05, 3.63) is 35.4 Å². The first-order valence-corrected chi connectivity index (χ1v) is 5.14. The molecule has 3 heteroatoms. The van der Waals surface area contributed by atoms with Crippen LogP contribution in [0.25, 0.3) is 0 Å². The molecule has 82 valence electrons. The van der Waals surface area contributed by atoms with Gasteiger partial charge in [0, 0.05) is 6.42 Å². The summed E-state index contributed by atoms with van der Waals surface area (Å²) in [6.45, 7) is 2.02. The van der Waals surface area contributed by atoms with Crippen LogP contribution in [-0.4, -0.2) is 5.78 Å². The lowest BCUT2D eigenvalue weighted by Gasteiger charge is -2.02. The van der Waals surface area contributed by atoms with E-state index in [4.69, 9.17) is 0 Å². The molecule has 0 amide bonds. The van der Waals surface area contributed by atoms with E-state index < -0.39 is 11.6 Å². The molecule has 0 saturated carbocycles. The van der Waals surface area contributed by atoms with Gasteiger partial charge >= 0.3 is 0 Å². The zero-order valence-corrected chi connectivity index (χ0v) is 8.72. The molecule has 0 atom stereocenters. The maximum Gasteiger partial charge on any atom is 0.169 e. The summed E-state index contributed by atoms with van der Waals surface area (Å²) < 4.78 is 26.0. The molecule has 0 spiro atoms. The van der Waals surface area contributed by atoms with Gasteiger partial charge in [-0.3, -0.25) is 4.79 Å². The van der Waals surface area contributed by atoms with Gasteiger partial charge < -0.3 is 0 Å². The van der Waals surface area contributed by atoms with Gasteiger partial charge in [-0.05, 0) is 18.6 Å². The maximum atomic E-state index is 13.2. The summed E-state index contributed by atoms with van der Waals surface area (Å²) in [5, 5.41) is 0. The van der Waals surface area contributed by atoms with Crippen LogP contribution in [0.15, 0.2) is 18.2 Å². The normalized spacial score (nSPS) is 10.3. The fraction of sp³-hybridized carbons (Fsp3) is 0.417. The quantitative estimate of drug-likeness (QED) is 0.537. The second-order valence-corrected chi connectivity index (χ2v) is 3.48. The van der Waals surface area contributed by atoms with E-state index in [9.17, 15) is 13.6 Å². The SMILES string of the molecule is CCCCCC(=O)c1cccc(F)c1F. The molecule has 0 aliphatic carbocycles. The Hall–Kier alpha value is -1.25. The Morgan fingerprint density at radius 3 is 2.67 bits per heavy atom. The number of Topliss-reactive ketones (excluding diaryl/α,β-unsaturated/α-hetero) is 1. The number of benzene rings is 1. The van der Waals surface area contributed by atoms with Crippen molar-refractivity contribution in [2.24, 2.45) is 0 Å². The molecule has 0 N–H and O–H groups in total. The molecule has 0 aromatic heterocycles. The Kier molecular flexibility index (Phi) is 4.40. The third-order valence-corrected chi connectivity index (χ3v) is 2.26. The third kappa shape index (κ3) is 3.11. The summed E-state index contributed by atoms with van der Waals surface area (Å²) >= 11 is 0. The lowest BCUT2D eigenvalue weighted by atomic mass is 10.0. The van der Waals surface area contributed by atoms with E-state index in [2.05, 4.69) is 0 Å². The highest BCUT2D eigenvalue weighted by molar-refractivity contribution is 5.96. The van der Waals surface area contributed by atoms with Crippen LogP contribution >= 0.6 is 0 Å². The van der Waals surface area contributed by atoms with Crippen molar-refractivity contribution in [3.63, 3.8) is 0 Å². The minimum atomic E-state index is -1.03. The zero-order chi connectivity index (χ0) is 11.3. The standard InChI is InChI=1S/C12H14F2O/c1-2-3-4-8-11(15)9-6-5-7-10(13)12(9)14/h5-7H,2-4,8H2,1H3. The summed E-state index contributed by atoms with van der Waals surface area (Å²) in [5.74, 6) is -2.31.